The molecule has 0 unspecified atom stereocenters. The van der Waals surface area contributed by atoms with Crippen molar-refractivity contribution in [3.63, 3.8) is 0 Å². The van der Waals surface area contributed by atoms with E-state index in [1.54, 1.807) is 16.8 Å². The van der Waals surface area contributed by atoms with Crippen LogP contribution in [0.4, 0.5) is 0 Å². The molecule has 1 rings (SSSR count). The van der Waals surface area contributed by atoms with Crippen LogP contribution < -0.4 is 0 Å². The maximum Gasteiger partial charge on any atom is 0.124 e. The smallest absolute Gasteiger partial charge is 0.124 e. The summed E-state index contributed by atoms with van der Waals surface area (Å²) >= 11 is 1.56. The van der Waals surface area contributed by atoms with Crippen LogP contribution in [0.5, 0.6) is 0 Å². The molecule has 0 saturated heterocycles. The Morgan fingerprint density at radius 1 is 1.40 bits per heavy atom. The third-order valence-corrected chi connectivity index (χ3v) is 2.24. The summed E-state index contributed by atoms with van der Waals surface area (Å²) in [4.78, 5) is 4.10. The number of thiazole rings is 1. The molecule has 0 saturated carbocycles. The average molecular weight is 215 g/mol. The molecular formula is C13H13NS. The van der Waals surface area contributed by atoms with Crippen molar-refractivity contribution in [2.75, 3.05) is 0 Å². The fraction of sp³-hybridized carbons (Fsp3) is 0.154. The van der Waals surface area contributed by atoms with Crippen molar-refractivity contribution in [1.82, 2.24) is 4.98 Å². The van der Waals surface area contributed by atoms with Crippen molar-refractivity contribution in [3.05, 3.63) is 52.5 Å². The fourth-order valence-corrected chi connectivity index (χ4v) is 1.37. The summed E-state index contributed by atoms with van der Waals surface area (Å²) in [6.07, 6.45) is 9.91. The lowest BCUT2D eigenvalue weighted by atomic mass is 10.2. The molecule has 0 radical (unpaired) electrons. The molecule has 1 aromatic rings. The monoisotopic (exact) mass is 215 g/mol. The maximum absolute atomic E-state index is 4.10. The predicted octanol–water partition coefficient (Wildman–Crippen LogP) is 3.57. The van der Waals surface area contributed by atoms with Crippen LogP contribution in [0.25, 0.3) is 0 Å². The van der Waals surface area contributed by atoms with Crippen molar-refractivity contribution in [2.24, 2.45) is 0 Å². The van der Waals surface area contributed by atoms with Gasteiger partial charge >= 0.3 is 0 Å². The van der Waals surface area contributed by atoms with Crippen molar-refractivity contribution in [1.29, 1.82) is 0 Å². The van der Waals surface area contributed by atoms with Crippen LogP contribution in [0.3, 0.4) is 0 Å². The van der Waals surface area contributed by atoms with Gasteiger partial charge in [0, 0.05) is 11.0 Å². The Bertz CT molecular complexity index is 425. The Kier molecular flexibility index (Phi) is 5.21. The van der Waals surface area contributed by atoms with E-state index >= 15 is 0 Å². The molecule has 15 heavy (non-hydrogen) atoms. The molecular weight excluding hydrogens is 202 g/mol. The number of aromatic nitrogens is 1. The maximum atomic E-state index is 4.10. The molecule has 1 heterocycles. The van der Waals surface area contributed by atoms with Crippen molar-refractivity contribution < 1.29 is 0 Å². The van der Waals surface area contributed by atoms with Gasteiger partial charge in [-0.3, -0.25) is 0 Å². The molecule has 2 heteroatoms. The van der Waals surface area contributed by atoms with Crippen LogP contribution in [0.15, 0.2) is 46.8 Å². The van der Waals surface area contributed by atoms with E-state index in [9.17, 15) is 0 Å². The number of rotatable bonds is 2. The van der Waals surface area contributed by atoms with E-state index in [0.29, 0.717) is 0 Å². The van der Waals surface area contributed by atoms with Gasteiger partial charge in [-0.25, -0.2) is 4.98 Å². The van der Waals surface area contributed by atoms with Crippen LogP contribution in [0, 0.1) is 11.8 Å². The summed E-state index contributed by atoms with van der Waals surface area (Å²) in [5.41, 5.74) is 3.62. The largest absolute Gasteiger partial charge is 0.236 e. The zero-order valence-corrected chi connectivity index (χ0v) is 9.71. The molecule has 0 aliphatic rings. The Balaban J connectivity index is 2.70. The van der Waals surface area contributed by atoms with E-state index in [1.165, 1.54) is 0 Å². The summed E-state index contributed by atoms with van der Waals surface area (Å²) in [7, 11) is 0. The van der Waals surface area contributed by atoms with Gasteiger partial charge in [-0.05, 0) is 25.8 Å². The molecule has 0 amide bonds. The van der Waals surface area contributed by atoms with E-state index in [-0.39, 0.29) is 0 Å². The molecule has 0 bridgehead atoms. The van der Waals surface area contributed by atoms with Gasteiger partial charge in [0.25, 0.3) is 0 Å². The van der Waals surface area contributed by atoms with Crippen LogP contribution in [-0.4, -0.2) is 4.98 Å². The van der Waals surface area contributed by atoms with E-state index in [4.69, 9.17) is 0 Å². The van der Waals surface area contributed by atoms with Crippen molar-refractivity contribution in [2.45, 2.75) is 13.8 Å². The van der Waals surface area contributed by atoms with Gasteiger partial charge in [0.05, 0.1) is 5.51 Å². The fourth-order valence-electron chi connectivity index (χ4n) is 0.891. The van der Waals surface area contributed by atoms with Gasteiger partial charge in [-0.15, -0.1) is 11.3 Å². The van der Waals surface area contributed by atoms with E-state index in [0.717, 1.165) is 11.3 Å². The highest BCUT2D eigenvalue weighted by molar-refractivity contribution is 7.07. The Morgan fingerprint density at radius 3 is 2.87 bits per heavy atom. The first-order chi connectivity index (χ1) is 7.36. The second-order valence-electron chi connectivity index (χ2n) is 2.75. The minimum Gasteiger partial charge on any atom is -0.236 e. The number of hydrogen-bond acceptors (Lipinski definition) is 2. The Morgan fingerprint density at radius 2 is 2.27 bits per heavy atom. The van der Waals surface area contributed by atoms with Crippen LogP contribution in [0.2, 0.25) is 0 Å². The molecule has 0 fully saturated rings. The van der Waals surface area contributed by atoms with E-state index in [1.807, 2.05) is 49.6 Å². The molecule has 0 aliphatic carbocycles. The van der Waals surface area contributed by atoms with Crippen molar-refractivity contribution in [3.8, 4) is 11.8 Å². The van der Waals surface area contributed by atoms with Gasteiger partial charge in [0.15, 0.2) is 0 Å². The summed E-state index contributed by atoms with van der Waals surface area (Å²) in [5, 5.41) is 1.94. The van der Waals surface area contributed by atoms with Gasteiger partial charge in [-0.2, -0.15) is 0 Å². The van der Waals surface area contributed by atoms with Crippen LogP contribution in [0.1, 0.15) is 19.5 Å². The summed E-state index contributed by atoms with van der Waals surface area (Å²) in [6, 6.07) is 0. The lowest BCUT2D eigenvalue weighted by Crippen LogP contribution is -1.73. The molecule has 76 valence electrons. The first-order valence-electron chi connectivity index (χ1n) is 4.72. The number of hydrogen-bond donors (Lipinski definition) is 0. The highest BCUT2D eigenvalue weighted by atomic mass is 32.1. The van der Waals surface area contributed by atoms with Gasteiger partial charge in [0.2, 0.25) is 0 Å². The summed E-state index contributed by atoms with van der Waals surface area (Å²) in [6.45, 7) is 3.96. The zero-order valence-electron chi connectivity index (χ0n) is 8.90. The second kappa shape index (κ2) is 6.80. The van der Waals surface area contributed by atoms with Gasteiger partial charge < -0.3 is 0 Å². The standard InChI is InChI=1S/C13H13NS/c1-3-5-6-7-12(4-2)8-9-13-10-15-11-14-13/h3-7,10-11H,1-2H3/b5-3-,7-6-,12-4+. The third-order valence-electron chi connectivity index (χ3n) is 1.66. The predicted molar refractivity (Wildman–Crippen MR) is 66.7 cm³/mol. The Hall–Kier alpha value is -1.59. The third kappa shape index (κ3) is 4.44. The lowest BCUT2D eigenvalue weighted by Gasteiger charge is -1.85. The SMILES string of the molecule is C\C=C/C=C\C(C#Cc1cscn1)=C/C. The minimum atomic E-state index is 0.832. The molecule has 0 atom stereocenters. The molecule has 0 N–H and O–H groups in total. The molecule has 1 nitrogen and oxygen atoms in total. The van der Waals surface area contributed by atoms with E-state index < -0.39 is 0 Å². The van der Waals surface area contributed by atoms with Crippen molar-refractivity contribution >= 4 is 11.3 Å². The first-order valence-corrected chi connectivity index (χ1v) is 5.67. The molecule has 0 aliphatic heterocycles. The lowest BCUT2D eigenvalue weighted by molar-refractivity contribution is 1.37. The van der Waals surface area contributed by atoms with E-state index in [2.05, 4.69) is 16.8 Å². The molecule has 0 spiro atoms. The zero-order chi connectivity index (χ0) is 10.9. The summed E-state index contributed by atoms with van der Waals surface area (Å²) in [5.74, 6) is 6.07. The molecule has 0 aromatic carbocycles. The topological polar surface area (TPSA) is 12.9 Å². The molecule has 1 aromatic heterocycles. The van der Waals surface area contributed by atoms with Gasteiger partial charge in [-0.1, -0.05) is 30.2 Å². The van der Waals surface area contributed by atoms with Gasteiger partial charge in [0.1, 0.15) is 5.69 Å². The van der Waals surface area contributed by atoms with Crippen LogP contribution in [-0.2, 0) is 0 Å². The summed E-state index contributed by atoms with van der Waals surface area (Å²) < 4.78 is 0. The first kappa shape index (κ1) is 11.5. The number of allylic oxidation sites excluding steroid dienone is 6. The number of nitrogens with zero attached hydrogens (tertiary/aromatic N) is 1. The highest BCUT2D eigenvalue weighted by Gasteiger charge is 1.86. The normalized spacial score (nSPS) is 12.0. The second-order valence-corrected chi connectivity index (χ2v) is 3.47. The quantitative estimate of drug-likeness (QED) is 0.543. The minimum absolute atomic E-state index is 0.832. The highest BCUT2D eigenvalue weighted by Crippen LogP contribution is 2.00. The van der Waals surface area contributed by atoms with Crippen LogP contribution >= 0.6 is 11.3 Å². The Labute approximate surface area is 94.9 Å². The average Bonchev–Trinajstić information content (AvgIpc) is 2.76.